The van der Waals surface area contributed by atoms with Gasteiger partial charge in [0.05, 0.1) is 0 Å². The zero-order chi connectivity index (χ0) is 20.2. The highest BCUT2D eigenvalue weighted by atomic mass is 16.2. The molecule has 2 heterocycles. The molecule has 1 aromatic rings. The number of rotatable bonds is 5. The highest BCUT2D eigenvalue weighted by Gasteiger charge is 2.31. The molecule has 2 unspecified atom stereocenters. The molecular formula is C25H39N3O. The maximum absolute atomic E-state index is 12.5. The molecule has 0 radical (unpaired) electrons. The quantitative estimate of drug-likeness (QED) is 0.760. The van der Waals surface area contributed by atoms with Crippen LogP contribution in [0.2, 0.25) is 0 Å². The van der Waals surface area contributed by atoms with Gasteiger partial charge in [0, 0.05) is 57.8 Å². The lowest BCUT2D eigenvalue weighted by Crippen LogP contribution is -2.54. The van der Waals surface area contributed by atoms with Crippen molar-refractivity contribution in [1.82, 2.24) is 14.7 Å². The van der Waals surface area contributed by atoms with E-state index in [1.807, 2.05) is 0 Å². The molecule has 3 aliphatic rings. The Balaban J connectivity index is 1.26. The summed E-state index contributed by atoms with van der Waals surface area (Å²) in [6.07, 6.45) is 7.83. The molecular weight excluding hydrogens is 358 g/mol. The monoisotopic (exact) mass is 397 g/mol. The van der Waals surface area contributed by atoms with Crippen LogP contribution in [0.4, 0.5) is 0 Å². The largest absolute Gasteiger partial charge is 0.343 e. The normalized spacial score (nSPS) is 27.1. The second kappa shape index (κ2) is 9.61. The average molecular weight is 398 g/mol. The molecule has 29 heavy (non-hydrogen) atoms. The van der Waals surface area contributed by atoms with Crippen LogP contribution in [0.15, 0.2) is 24.3 Å². The fourth-order valence-electron chi connectivity index (χ4n) is 5.50. The van der Waals surface area contributed by atoms with Gasteiger partial charge >= 0.3 is 0 Å². The van der Waals surface area contributed by atoms with E-state index in [-0.39, 0.29) is 0 Å². The lowest BCUT2D eigenvalue weighted by molar-refractivity contribution is -0.130. The maximum atomic E-state index is 12.5. The number of fused-ring (bicyclic) bond motifs is 1. The molecule has 0 N–H and O–H groups in total. The first-order valence-electron chi connectivity index (χ1n) is 11.9. The second-order valence-corrected chi connectivity index (χ2v) is 9.78. The molecule has 4 heteroatoms. The van der Waals surface area contributed by atoms with E-state index < -0.39 is 0 Å². The third-order valence-electron chi connectivity index (χ3n) is 7.46. The van der Waals surface area contributed by atoms with Gasteiger partial charge in [0.25, 0.3) is 0 Å². The Bertz CT molecular complexity index is 680. The fourth-order valence-corrected chi connectivity index (χ4v) is 5.50. The van der Waals surface area contributed by atoms with Crippen molar-refractivity contribution in [2.45, 2.75) is 70.9 Å². The van der Waals surface area contributed by atoms with Gasteiger partial charge in [-0.05, 0) is 55.6 Å². The summed E-state index contributed by atoms with van der Waals surface area (Å²) >= 11 is 0. The van der Waals surface area contributed by atoms with Gasteiger partial charge in [-0.1, -0.05) is 38.1 Å². The summed E-state index contributed by atoms with van der Waals surface area (Å²) in [6, 6.07) is 10.3. The molecule has 2 fully saturated rings. The van der Waals surface area contributed by atoms with Crippen molar-refractivity contribution in [3.05, 3.63) is 35.4 Å². The lowest BCUT2D eigenvalue weighted by Gasteiger charge is -2.43. The zero-order valence-corrected chi connectivity index (χ0v) is 18.5. The van der Waals surface area contributed by atoms with Crippen molar-refractivity contribution in [2.24, 2.45) is 5.92 Å². The van der Waals surface area contributed by atoms with E-state index in [4.69, 9.17) is 0 Å². The fraction of sp³-hybridized carbons (Fsp3) is 0.720. The van der Waals surface area contributed by atoms with E-state index >= 15 is 0 Å². The Hall–Kier alpha value is -1.39. The number of nitrogens with zero attached hydrogens (tertiary/aromatic N) is 3. The average Bonchev–Trinajstić information content (AvgIpc) is 2.93. The van der Waals surface area contributed by atoms with Gasteiger partial charge in [0.2, 0.25) is 5.91 Å². The molecule has 0 saturated carbocycles. The van der Waals surface area contributed by atoms with Crippen molar-refractivity contribution in [3.63, 3.8) is 0 Å². The Labute approximate surface area is 177 Å². The minimum absolute atomic E-state index is 0.382. The van der Waals surface area contributed by atoms with E-state index in [1.165, 1.54) is 45.4 Å². The summed E-state index contributed by atoms with van der Waals surface area (Å²) in [4.78, 5) is 20.1. The van der Waals surface area contributed by atoms with Crippen LogP contribution in [0.5, 0.6) is 0 Å². The van der Waals surface area contributed by atoms with Gasteiger partial charge in [-0.15, -0.1) is 0 Å². The summed E-state index contributed by atoms with van der Waals surface area (Å²) in [6.45, 7) is 11.1. The number of hydrogen-bond donors (Lipinski definition) is 0. The highest BCUT2D eigenvalue weighted by molar-refractivity contribution is 5.76. The van der Waals surface area contributed by atoms with E-state index in [0.717, 1.165) is 38.8 Å². The number of likely N-dealkylation sites (tertiary alicyclic amines) is 1. The molecule has 0 aromatic heterocycles. The van der Waals surface area contributed by atoms with Gasteiger partial charge in [0.1, 0.15) is 0 Å². The van der Waals surface area contributed by atoms with Crippen molar-refractivity contribution in [3.8, 4) is 0 Å². The summed E-state index contributed by atoms with van der Waals surface area (Å²) in [5.41, 5.74) is 3.13. The van der Waals surface area contributed by atoms with Crippen molar-refractivity contribution in [2.75, 3.05) is 39.3 Å². The first kappa shape index (κ1) is 20.9. The van der Waals surface area contributed by atoms with Crippen LogP contribution >= 0.6 is 0 Å². The van der Waals surface area contributed by atoms with E-state index in [1.54, 1.807) is 11.1 Å². The molecule has 1 aliphatic carbocycles. The van der Waals surface area contributed by atoms with Crippen LogP contribution in [-0.2, 0) is 17.6 Å². The van der Waals surface area contributed by atoms with Crippen LogP contribution in [0.1, 0.15) is 57.1 Å². The van der Waals surface area contributed by atoms with Gasteiger partial charge in [0.15, 0.2) is 0 Å². The number of amides is 1. The van der Waals surface area contributed by atoms with Crippen molar-refractivity contribution in [1.29, 1.82) is 0 Å². The second-order valence-electron chi connectivity index (χ2n) is 9.78. The van der Waals surface area contributed by atoms with Gasteiger partial charge in [-0.2, -0.15) is 0 Å². The summed E-state index contributed by atoms with van der Waals surface area (Å²) < 4.78 is 0. The van der Waals surface area contributed by atoms with Gasteiger partial charge < -0.3 is 4.90 Å². The molecule has 2 aliphatic heterocycles. The number of benzene rings is 1. The molecule has 0 bridgehead atoms. The number of hydrogen-bond acceptors (Lipinski definition) is 3. The predicted molar refractivity (Wildman–Crippen MR) is 119 cm³/mol. The Morgan fingerprint density at radius 1 is 0.862 bits per heavy atom. The molecule has 4 rings (SSSR count). The van der Waals surface area contributed by atoms with E-state index in [2.05, 4.69) is 52.8 Å². The van der Waals surface area contributed by atoms with Gasteiger partial charge in [-0.3, -0.25) is 14.6 Å². The number of aryl methyl sites for hydroxylation is 1. The third-order valence-corrected chi connectivity index (χ3v) is 7.46. The smallest absolute Gasteiger partial charge is 0.222 e. The number of piperazine rings is 1. The first-order chi connectivity index (χ1) is 14.1. The van der Waals surface area contributed by atoms with Crippen LogP contribution in [0.25, 0.3) is 0 Å². The number of carbonyl (C=O) groups is 1. The molecule has 4 nitrogen and oxygen atoms in total. The van der Waals surface area contributed by atoms with Crippen molar-refractivity contribution < 1.29 is 4.79 Å². The van der Waals surface area contributed by atoms with Crippen LogP contribution in [0, 0.1) is 5.92 Å². The summed E-state index contributed by atoms with van der Waals surface area (Å²) in [5, 5.41) is 0. The maximum Gasteiger partial charge on any atom is 0.222 e. The Morgan fingerprint density at radius 2 is 1.52 bits per heavy atom. The van der Waals surface area contributed by atoms with Crippen LogP contribution in [0.3, 0.4) is 0 Å². The molecule has 0 spiro atoms. The number of carbonyl (C=O) groups excluding carboxylic acids is 1. The molecule has 1 amide bonds. The zero-order valence-electron chi connectivity index (χ0n) is 18.5. The SMILES string of the molecule is CC(C)CCN1CCC(N2CCN(C3CCc4ccccc4C3)CC2)CCC1=O. The molecule has 2 atom stereocenters. The van der Waals surface area contributed by atoms with Crippen LogP contribution in [-0.4, -0.2) is 72.0 Å². The lowest BCUT2D eigenvalue weighted by atomic mass is 9.87. The topological polar surface area (TPSA) is 26.8 Å². The molecule has 1 aromatic carbocycles. The third kappa shape index (κ3) is 5.21. The highest BCUT2D eigenvalue weighted by Crippen LogP contribution is 2.26. The van der Waals surface area contributed by atoms with Crippen molar-refractivity contribution >= 4 is 5.91 Å². The van der Waals surface area contributed by atoms with Crippen LogP contribution < -0.4 is 0 Å². The Kier molecular flexibility index (Phi) is 6.92. The standard InChI is InChI=1S/C25H39N3O/c1-20(2)11-13-28-14-12-23(9-10-25(28)29)26-15-17-27(18-16-26)24-8-7-21-5-3-4-6-22(21)19-24/h3-6,20,23-24H,7-19H2,1-2H3. The van der Waals surface area contributed by atoms with Gasteiger partial charge in [-0.25, -0.2) is 0 Å². The minimum atomic E-state index is 0.382. The first-order valence-corrected chi connectivity index (χ1v) is 11.9. The van der Waals surface area contributed by atoms with E-state index in [9.17, 15) is 4.79 Å². The summed E-state index contributed by atoms with van der Waals surface area (Å²) in [5.74, 6) is 1.05. The Morgan fingerprint density at radius 3 is 2.24 bits per heavy atom. The molecule has 160 valence electrons. The summed E-state index contributed by atoms with van der Waals surface area (Å²) in [7, 11) is 0. The minimum Gasteiger partial charge on any atom is -0.343 e. The molecule has 2 saturated heterocycles. The predicted octanol–water partition coefficient (Wildman–Crippen LogP) is 3.59. The van der Waals surface area contributed by atoms with E-state index in [0.29, 0.717) is 23.9 Å².